The molecule has 1 heterocycles. The zero-order chi connectivity index (χ0) is 8.81. The Morgan fingerprint density at radius 1 is 1.17 bits per heavy atom. The number of nitrogens with zero attached hydrogens (tertiary/aromatic N) is 3. The van der Waals surface area contributed by atoms with Gasteiger partial charge in [0.05, 0.1) is 12.6 Å². The van der Waals surface area contributed by atoms with E-state index in [1.54, 1.807) is 0 Å². The van der Waals surface area contributed by atoms with Crippen molar-refractivity contribution in [2.45, 2.75) is 0 Å². The Morgan fingerprint density at radius 3 is 2.25 bits per heavy atom. The topological polar surface area (TPSA) is 30.3 Å². The predicted octanol–water partition coefficient (Wildman–Crippen LogP) is 0.0971. The van der Waals surface area contributed by atoms with E-state index in [1.165, 1.54) is 0 Å². The monoisotopic (exact) mass is 171 g/mol. The molecule has 12 heavy (non-hydrogen) atoms. The summed E-state index contributed by atoms with van der Waals surface area (Å²) in [4.78, 5) is 4.18. The summed E-state index contributed by atoms with van der Waals surface area (Å²) in [6.45, 7) is 4.36. The van der Waals surface area contributed by atoms with Gasteiger partial charge in [0.1, 0.15) is 6.67 Å². The summed E-state index contributed by atoms with van der Waals surface area (Å²) in [7, 11) is 0. The SMILES string of the molecule is N#CCN1CCN(CCF)CC1. The lowest BCUT2D eigenvalue weighted by Crippen LogP contribution is -2.46. The number of piperazine rings is 1. The Morgan fingerprint density at radius 2 is 1.75 bits per heavy atom. The fourth-order valence-electron chi connectivity index (χ4n) is 1.39. The van der Waals surface area contributed by atoms with Gasteiger partial charge in [-0.15, -0.1) is 0 Å². The molecule has 0 radical (unpaired) electrons. The van der Waals surface area contributed by atoms with Gasteiger partial charge in [0, 0.05) is 32.7 Å². The molecule has 0 aliphatic carbocycles. The molecule has 0 unspecified atom stereocenters. The van der Waals surface area contributed by atoms with Crippen LogP contribution < -0.4 is 0 Å². The molecular weight excluding hydrogens is 157 g/mol. The molecule has 0 amide bonds. The molecule has 0 N–H and O–H groups in total. The summed E-state index contributed by atoms with van der Waals surface area (Å²) in [5.74, 6) is 0. The third-order valence-electron chi connectivity index (χ3n) is 2.16. The highest BCUT2D eigenvalue weighted by Crippen LogP contribution is 1.99. The lowest BCUT2D eigenvalue weighted by molar-refractivity contribution is 0.136. The number of rotatable bonds is 3. The van der Waals surface area contributed by atoms with Gasteiger partial charge in [-0.25, -0.2) is 4.39 Å². The van der Waals surface area contributed by atoms with E-state index < -0.39 is 0 Å². The van der Waals surface area contributed by atoms with Crippen molar-refractivity contribution < 1.29 is 4.39 Å². The van der Waals surface area contributed by atoms with E-state index >= 15 is 0 Å². The van der Waals surface area contributed by atoms with Crippen molar-refractivity contribution in [3.8, 4) is 6.07 Å². The second-order valence-electron chi connectivity index (χ2n) is 2.96. The molecule has 0 atom stereocenters. The van der Waals surface area contributed by atoms with Crippen LogP contribution in [0.25, 0.3) is 0 Å². The van der Waals surface area contributed by atoms with Crippen LogP contribution in [0.3, 0.4) is 0 Å². The fourth-order valence-corrected chi connectivity index (χ4v) is 1.39. The molecule has 0 spiro atoms. The van der Waals surface area contributed by atoms with Crippen LogP contribution in [-0.4, -0.2) is 55.7 Å². The van der Waals surface area contributed by atoms with Gasteiger partial charge in [-0.05, 0) is 0 Å². The van der Waals surface area contributed by atoms with Crippen LogP contribution in [0.15, 0.2) is 0 Å². The highest BCUT2D eigenvalue weighted by atomic mass is 19.1. The van der Waals surface area contributed by atoms with Crippen LogP contribution in [0.1, 0.15) is 0 Å². The quantitative estimate of drug-likeness (QED) is 0.564. The molecular formula is C8H14FN3. The van der Waals surface area contributed by atoms with Crippen molar-refractivity contribution in [3.05, 3.63) is 0 Å². The van der Waals surface area contributed by atoms with E-state index in [0.717, 1.165) is 26.2 Å². The van der Waals surface area contributed by atoms with E-state index in [4.69, 9.17) is 5.26 Å². The maximum absolute atomic E-state index is 11.9. The van der Waals surface area contributed by atoms with E-state index in [2.05, 4.69) is 15.9 Å². The average Bonchev–Trinajstić information content (AvgIpc) is 2.09. The lowest BCUT2D eigenvalue weighted by atomic mass is 10.3. The largest absolute Gasteiger partial charge is 0.298 e. The van der Waals surface area contributed by atoms with E-state index in [-0.39, 0.29) is 6.67 Å². The van der Waals surface area contributed by atoms with Crippen LogP contribution >= 0.6 is 0 Å². The molecule has 0 bridgehead atoms. The third kappa shape index (κ3) is 2.76. The van der Waals surface area contributed by atoms with Crippen molar-refractivity contribution in [1.82, 2.24) is 9.80 Å². The summed E-state index contributed by atoms with van der Waals surface area (Å²) in [5.41, 5.74) is 0. The smallest absolute Gasteiger partial charge is 0.102 e. The van der Waals surface area contributed by atoms with Crippen molar-refractivity contribution in [3.63, 3.8) is 0 Å². The summed E-state index contributed by atoms with van der Waals surface area (Å²) in [6.07, 6.45) is 0. The van der Waals surface area contributed by atoms with Gasteiger partial charge >= 0.3 is 0 Å². The molecule has 1 fully saturated rings. The van der Waals surface area contributed by atoms with Gasteiger partial charge in [-0.1, -0.05) is 0 Å². The molecule has 1 rings (SSSR count). The number of nitriles is 1. The van der Waals surface area contributed by atoms with Gasteiger partial charge in [0.25, 0.3) is 0 Å². The highest BCUT2D eigenvalue weighted by Gasteiger charge is 2.15. The maximum atomic E-state index is 11.9. The molecule has 0 aromatic rings. The number of hydrogen-bond donors (Lipinski definition) is 0. The first-order chi connectivity index (χ1) is 5.86. The normalized spacial score (nSPS) is 20.7. The fraction of sp³-hybridized carbons (Fsp3) is 0.875. The summed E-state index contributed by atoms with van der Waals surface area (Å²) < 4.78 is 11.9. The van der Waals surface area contributed by atoms with Crippen LogP contribution in [0, 0.1) is 11.3 Å². The first kappa shape index (κ1) is 9.43. The predicted molar refractivity (Wildman–Crippen MR) is 44.5 cm³/mol. The Labute approximate surface area is 72.4 Å². The van der Waals surface area contributed by atoms with E-state index in [1.807, 2.05) is 0 Å². The molecule has 0 aromatic heterocycles. The summed E-state index contributed by atoms with van der Waals surface area (Å²) >= 11 is 0. The minimum absolute atomic E-state index is 0.266. The zero-order valence-corrected chi connectivity index (χ0v) is 7.17. The summed E-state index contributed by atoms with van der Waals surface area (Å²) in [5, 5.41) is 8.42. The van der Waals surface area contributed by atoms with Crippen LogP contribution in [0.4, 0.5) is 4.39 Å². The molecule has 1 aliphatic heterocycles. The zero-order valence-electron chi connectivity index (χ0n) is 7.17. The lowest BCUT2D eigenvalue weighted by Gasteiger charge is -2.32. The average molecular weight is 171 g/mol. The van der Waals surface area contributed by atoms with E-state index in [0.29, 0.717) is 13.1 Å². The van der Waals surface area contributed by atoms with Gasteiger partial charge in [-0.2, -0.15) is 5.26 Å². The first-order valence-electron chi connectivity index (χ1n) is 4.24. The van der Waals surface area contributed by atoms with Crippen molar-refractivity contribution in [2.24, 2.45) is 0 Å². The maximum Gasteiger partial charge on any atom is 0.102 e. The second-order valence-corrected chi connectivity index (χ2v) is 2.96. The van der Waals surface area contributed by atoms with Gasteiger partial charge < -0.3 is 0 Å². The molecule has 3 nitrogen and oxygen atoms in total. The Kier molecular flexibility index (Phi) is 3.98. The standard InChI is InChI=1S/C8H14FN3/c9-1-3-11-5-7-12(4-2-10)8-6-11/h1,3-8H2. The Bertz CT molecular complexity index is 158. The molecule has 0 saturated carbocycles. The minimum Gasteiger partial charge on any atom is -0.298 e. The molecule has 68 valence electrons. The number of halogens is 1. The van der Waals surface area contributed by atoms with Crippen molar-refractivity contribution >= 4 is 0 Å². The van der Waals surface area contributed by atoms with Gasteiger partial charge in [0.15, 0.2) is 0 Å². The molecule has 1 aliphatic rings. The number of alkyl halides is 1. The van der Waals surface area contributed by atoms with Gasteiger partial charge in [-0.3, -0.25) is 9.80 Å². The summed E-state index contributed by atoms with van der Waals surface area (Å²) in [6, 6.07) is 2.12. The first-order valence-corrected chi connectivity index (χ1v) is 4.24. The van der Waals surface area contributed by atoms with Crippen LogP contribution in [-0.2, 0) is 0 Å². The van der Waals surface area contributed by atoms with Crippen molar-refractivity contribution in [2.75, 3.05) is 45.9 Å². The van der Waals surface area contributed by atoms with Gasteiger partial charge in [0.2, 0.25) is 0 Å². The third-order valence-corrected chi connectivity index (χ3v) is 2.16. The van der Waals surface area contributed by atoms with Crippen LogP contribution in [0.5, 0.6) is 0 Å². The molecule has 0 aromatic carbocycles. The highest BCUT2D eigenvalue weighted by molar-refractivity contribution is 4.80. The molecule has 1 saturated heterocycles. The van der Waals surface area contributed by atoms with E-state index in [9.17, 15) is 4.39 Å². The van der Waals surface area contributed by atoms with Crippen LogP contribution in [0.2, 0.25) is 0 Å². The molecule has 4 heteroatoms. The second kappa shape index (κ2) is 5.07. The Balaban J connectivity index is 2.16. The van der Waals surface area contributed by atoms with Crippen molar-refractivity contribution in [1.29, 1.82) is 5.26 Å². The minimum atomic E-state index is -0.266. The Hall–Kier alpha value is -0.660. The number of hydrogen-bond acceptors (Lipinski definition) is 3.